The molecular formula is C17H28N2O. The molecule has 3 heteroatoms. The van der Waals surface area contributed by atoms with Crippen LogP contribution in [0.15, 0.2) is 24.3 Å². The molecule has 1 aliphatic rings. The summed E-state index contributed by atoms with van der Waals surface area (Å²) in [6.07, 6.45) is 1.89. The van der Waals surface area contributed by atoms with Crippen LogP contribution in [0.4, 0.5) is 0 Å². The van der Waals surface area contributed by atoms with Gasteiger partial charge in [-0.25, -0.2) is 0 Å². The van der Waals surface area contributed by atoms with Gasteiger partial charge >= 0.3 is 0 Å². The molecule has 3 nitrogen and oxygen atoms in total. The Morgan fingerprint density at radius 3 is 2.80 bits per heavy atom. The van der Waals surface area contributed by atoms with Crippen LogP contribution in [-0.4, -0.2) is 24.3 Å². The van der Waals surface area contributed by atoms with Crippen LogP contribution in [0.3, 0.4) is 0 Å². The molecule has 0 aromatic heterocycles. The van der Waals surface area contributed by atoms with Gasteiger partial charge in [-0.15, -0.1) is 0 Å². The predicted molar refractivity (Wildman–Crippen MR) is 83.6 cm³/mol. The number of nitrogens with one attached hydrogen (secondary N) is 2. The molecule has 1 aromatic carbocycles. The van der Waals surface area contributed by atoms with Crippen molar-refractivity contribution in [2.75, 3.05) is 13.2 Å². The standard InChI is InChI=1S/C17H28N2O/c1-17(2,3)16(9-11-20)19-15-8-10-18-12-13-6-4-5-7-14(13)15/h4-7,15-16,18-20H,8-12H2,1-3H3. The summed E-state index contributed by atoms with van der Waals surface area (Å²) in [7, 11) is 0. The predicted octanol–water partition coefficient (Wildman–Crippen LogP) is 2.61. The van der Waals surface area contributed by atoms with E-state index in [1.807, 2.05) is 0 Å². The molecule has 3 N–H and O–H groups in total. The number of aliphatic hydroxyl groups excluding tert-OH is 1. The van der Waals surface area contributed by atoms with Crippen LogP contribution in [0.5, 0.6) is 0 Å². The average molecular weight is 276 g/mol. The van der Waals surface area contributed by atoms with Gasteiger partial charge in [-0.05, 0) is 35.9 Å². The van der Waals surface area contributed by atoms with Gasteiger partial charge in [0.2, 0.25) is 0 Å². The van der Waals surface area contributed by atoms with Crippen molar-refractivity contribution < 1.29 is 5.11 Å². The Hall–Kier alpha value is -0.900. The average Bonchev–Trinajstić information content (AvgIpc) is 2.60. The van der Waals surface area contributed by atoms with Crippen LogP contribution in [0.1, 0.15) is 50.8 Å². The molecular weight excluding hydrogens is 248 g/mol. The second kappa shape index (κ2) is 6.70. The number of rotatable bonds is 4. The highest BCUT2D eigenvalue weighted by Crippen LogP contribution is 2.29. The Bertz CT molecular complexity index is 425. The first-order valence-corrected chi connectivity index (χ1v) is 7.68. The Morgan fingerprint density at radius 1 is 1.35 bits per heavy atom. The summed E-state index contributed by atoms with van der Waals surface area (Å²) in [4.78, 5) is 0. The molecule has 112 valence electrons. The van der Waals surface area contributed by atoms with Gasteiger partial charge in [-0.3, -0.25) is 0 Å². The highest BCUT2D eigenvalue weighted by atomic mass is 16.3. The van der Waals surface area contributed by atoms with E-state index in [2.05, 4.69) is 55.7 Å². The van der Waals surface area contributed by atoms with E-state index in [-0.39, 0.29) is 12.0 Å². The fourth-order valence-electron chi connectivity index (χ4n) is 2.97. The SMILES string of the molecule is CC(C)(C)C(CCO)NC1CCNCc2ccccc21. The fourth-order valence-corrected chi connectivity index (χ4v) is 2.97. The summed E-state index contributed by atoms with van der Waals surface area (Å²) in [6.45, 7) is 8.93. The third-order valence-corrected chi connectivity index (χ3v) is 4.22. The lowest BCUT2D eigenvalue weighted by molar-refractivity contribution is 0.183. The van der Waals surface area contributed by atoms with Crippen LogP contribution in [0.25, 0.3) is 0 Å². The Kier molecular flexibility index (Phi) is 5.19. The molecule has 2 rings (SSSR count). The normalized spacial score (nSPS) is 21.1. The third-order valence-electron chi connectivity index (χ3n) is 4.22. The lowest BCUT2D eigenvalue weighted by Crippen LogP contribution is -2.43. The van der Waals surface area contributed by atoms with Gasteiger partial charge in [0.05, 0.1) is 0 Å². The molecule has 1 heterocycles. The number of aliphatic hydroxyl groups is 1. The van der Waals surface area contributed by atoms with Crippen molar-refractivity contribution in [2.45, 2.75) is 52.2 Å². The molecule has 2 unspecified atom stereocenters. The highest BCUT2D eigenvalue weighted by Gasteiger charge is 2.28. The van der Waals surface area contributed by atoms with Gasteiger partial charge in [-0.1, -0.05) is 45.0 Å². The molecule has 0 spiro atoms. The van der Waals surface area contributed by atoms with Gasteiger partial charge in [0.15, 0.2) is 0 Å². The lowest BCUT2D eigenvalue weighted by Gasteiger charge is -2.35. The van der Waals surface area contributed by atoms with Crippen molar-refractivity contribution in [1.29, 1.82) is 0 Å². The van der Waals surface area contributed by atoms with E-state index < -0.39 is 0 Å². The van der Waals surface area contributed by atoms with Crippen LogP contribution in [-0.2, 0) is 6.54 Å². The molecule has 0 aliphatic carbocycles. The van der Waals surface area contributed by atoms with E-state index in [4.69, 9.17) is 0 Å². The number of hydrogen-bond acceptors (Lipinski definition) is 3. The maximum Gasteiger partial charge on any atom is 0.0446 e. The lowest BCUT2D eigenvalue weighted by atomic mass is 9.83. The van der Waals surface area contributed by atoms with E-state index >= 15 is 0 Å². The summed E-state index contributed by atoms with van der Waals surface area (Å²) in [5.41, 5.74) is 2.95. The number of benzene rings is 1. The van der Waals surface area contributed by atoms with E-state index in [0.717, 1.165) is 25.9 Å². The Labute approximate surface area is 122 Å². The van der Waals surface area contributed by atoms with Crippen molar-refractivity contribution >= 4 is 0 Å². The minimum absolute atomic E-state index is 0.150. The summed E-state index contributed by atoms with van der Waals surface area (Å²) >= 11 is 0. The molecule has 1 aliphatic heterocycles. The maximum absolute atomic E-state index is 9.33. The van der Waals surface area contributed by atoms with Crippen molar-refractivity contribution in [3.63, 3.8) is 0 Å². The zero-order valence-electron chi connectivity index (χ0n) is 12.9. The molecule has 20 heavy (non-hydrogen) atoms. The Balaban J connectivity index is 2.19. The van der Waals surface area contributed by atoms with Crippen LogP contribution >= 0.6 is 0 Å². The van der Waals surface area contributed by atoms with Crippen molar-refractivity contribution in [3.05, 3.63) is 35.4 Å². The second-order valence-electron chi connectivity index (χ2n) is 6.81. The fraction of sp³-hybridized carbons (Fsp3) is 0.647. The van der Waals surface area contributed by atoms with Crippen molar-refractivity contribution in [2.24, 2.45) is 5.41 Å². The van der Waals surface area contributed by atoms with Gasteiger partial charge in [0.1, 0.15) is 0 Å². The highest BCUT2D eigenvalue weighted by molar-refractivity contribution is 5.31. The van der Waals surface area contributed by atoms with Crippen LogP contribution in [0, 0.1) is 5.41 Å². The first kappa shape index (κ1) is 15.5. The summed E-state index contributed by atoms with van der Waals surface area (Å²) in [5.74, 6) is 0. The quantitative estimate of drug-likeness (QED) is 0.792. The minimum Gasteiger partial charge on any atom is -0.396 e. The smallest absolute Gasteiger partial charge is 0.0446 e. The third kappa shape index (κ3) is 3.81. The molecule has 0 amide bonds. The first-order chi connectivity index (χ1) is 9.52. The maximum atomic E-state index is 9.33. The zero-order valence-corrected chi connectivity index (χ0v) is 12.9. The van der Waals surface area contributed by atoms with Gasteiger partial charge in [0.25, 0.3) is 0 Å². The van der Waals surface area contributed by atoms with E-state index in [9.17, 15) is 5.11 Å². The van der Waals surface area contributed by atoms with Crippen LogP contribution < -0.4 is 10.6 Å². The van der Waals surface area contributed by atoms with Crippen LogP contribution in [0.2, 0.25) is 0 Å². The molecule has 1 aromatic rings. The second-order valence-corrected chi connectivity index (χ2v) is 6.81. The molecule has 0 saturated heterocycles. The van der Waals surface area contributed by atoms with E-state index in [0.29, 0.717) is 12.1 Å². The minimum atomic E-state index is 0.150. The molecule has 0 bridgehead atoms. The van der Waals surface area contributed by atoms with Gasteiger partial charge in [-0.2, -0.15) is 0 Å². The summed E-state index contributed by atoms with van der Waals surface area (Å²) in [5, 5.41) is 16.6. The van der Waals surface area contributed by atoms with Gasteiger partial charge in [0, 0.05) is 25.2 Å². The number of hydrogen-bond donors (Lipinski definition) is 3. The first-order valence-electron chi connectivity index (χ1n) is 7.68. The van der Waals surface area contributed by atoms with E-state index in [1.54, 1.807) is 0 Å². The topological polar surface area (TPSA) is 44.3 Å². The number of fused-ring (bicyclic) bond motifs is 1. The summed E-state index contributed by atoms with van der Waals surface area (Å²) in [6, 6.07) is 9.37. The molecule has 0 radical (unpaired) electrons. The molecule has 0 fully saturated rings. The van der Waals surface area contributed by atoms with Crippen molar-refractivity contribution in [1.82, 2.24) is 10.6 Å². The zero-order chi connectivity index (χ0) is 14.6. The molecule has 2 atom stereocenters. The van der Waals surface area contributed by atoms with Gasteiger partial charge < -0.3 is 15.7 Å². The largest absolute Gasteiger partial charge is 0.396 e. The monoisotopic (exact) mass is 276 g/mol. The summed E-state index contributed by atoms with van der Waals surface area (Å²) < 4.78 is 0. The van der Waals surface area contributed by atoms with E-state index in [1.165, 1.54) is 11.1 Å². The van der Waals surface area contributed by atoms with Crippen molar-refractivity contribution in [3.8, 4) is 0 Å². The Morgan fingerprint density at radius 2 is 2.10 bits per heavy atom. The molecule has 0 saturated carbocycles.